The van der Waals surface area contributed by atoms with Gasteiger partial charge in [-0.3, -0.25) is 0 Å². The molecule has 0 radical (unpaired) electrons. The van der Waals surface area contributed by atoms with E-state index in [0.29, 0.717) is 18.7 Å². The van der Waals surface area contributed by atoms with Crippen LogP contribution in [0, 0.1) is 0 Å². The van der Waals surface area contributed by atoms with Gasteiger partial charge in [-0.25, -0.2) is 8.42 Å². The van der Waals surface area contributed by atoms with Crippen molar-refractivity contribution in [1.82, 2.24) is 0 Å². The Labute approximate surface area is 112 Å². The molecule has 1 aliphatic rings. The van der Waals surface area contributed by atoms with Crippen LogP contribution in [0.3, 0.4) is 0 Å². The van der Waals surface area contributed by atoms with Crippen LogP contribution < -0.4 is 10.5 Å². The maximum Gasteiger partial charge on any atom is 0.151 e. The number of anilines is 1. The van der Waals surface area contributed by atoms with Gasteiger partial charge in [0.2, 0.25) is 0 Å². The van der Waals surface area contributed by atoms with Crippen LogP contribution in [-0.2, 0) is 9.84 Å². The van der Waals surface area contributed by atoms with Crippen LogP contribution in [0.4, 0.5) is 5.69 Å². The van der Waals surface area contributed by atoms with Crippen molar-refractivity contribution in [2.75, 3.05) is 23.8 Å². The molecule has 0 aliphatic carbocycles. The lowest BCUT2D eigenvalue weighted by atomic mass is 10.3. The lowest BCUT2D eigenvalue weighted by Crippen LogP contribution is -2.06. The standard InChI is InChI=1S/C12H17NO3S2/c1-2-16-9-3-4-11(13)12(7-9)17-10-5-6-18(14,15)8-10/h3-4,7,10H,2,5-6,8,13H2,1H3. The Balaban J connectivity index is 2.11. The van der Waals surface area contributed by atoms with E-state index in [4.69, 9.17) is 10.5 Å². The fraction of sp³-hybridized carbons (Fsp3) is 0.500. The summed E-state index contributed by atoms with van der Waals surface area (Å²) in [6, 6.07) is 5.51. The SMILES string of the molecule is CCOc1ccc(N)c(SC2CCS(=O)(=O)C2)c1. The molecule has 18 heavy (non-hydrogen) atoms. The minimum Gasteiger partial charge on any atom is -0.494 e. The Bertz CT molecular complexity index is 528. The molecular formula is C12H17NO3S2. The van der Waals surface area contributed by atoms with Crippen LogP contribution in [0.15, 0.2) is 23.1 Å². The van der Waals surface area contributed by atoms with E-state index < -0.39 is 9.84 Å². The molecule has 0 bridgehead atoms. The molecular weight excluding hydrogens is 270 g/mol. The van der Waals surface area contributed by atoms with E-state index in [1.165, 1.54) is 11.8 Å². The quantitative estimate of drug-likeness (QED) is 0.857. The van der Waals surface area contributed by atoms with Crippen molar-refractivity contribution < 1.29 is 13.2 Å². The number of rotatable bonds is 4. The molecule has 1 saturated heterocycles. The Morgan fingerprint density at radius 2 is 2.28 bits per heavy atom. The molecule has 1 heterocycles. The Kier molecular flexibility index (Phi) is 4.07. The van der Waals surface area contributed by atoms with Crippen LogP contribution in [0.2, 0.25) is 0 Å². The molecule has 1 aromatic rings. The average molecular weight is 287 g/mol. The van der Waals surface area contributed by atoms with E-state index in [1.807, 2.05) is 19.1 Å². The van der Waals surface area contributed by atoms with Crippen LogP contribution in [0.25, 0.3) is 0 Å². The minimum absolute atomic E-state index is 0.106. The number of nitrogen functional groups attached to an aromatic ring is 1. The first-order chi connectivity index (χ1) is 8.50. The van der Waals surface area contributed by atoms with Gasteiger partial charge in [-0.1, -0.05) is 0 Å². The summed E-state index contributed by atoms with van der Waals surface area (Å²) in [4.78, 5) is 0.906. The van der Waals surface area contributed by atoms with E-state index in [-0.39, 0.29) is 16.8 Å². The van der Waals surface area contributed by atoms with Gasteiger partial charge in [0.15, 0.2) is 9.84 Å². The second-order valence-corrected chi connectivity index (χ2v) is 7.85. The fourth-order valence-electron chi connectivity index (χ4n) is 1.91. The summed E-state index contributed by atoms with van der Waals surface area (Å²) < 4.78 is 28.3. The Hall–Kier alpha value is -0.880. The number of nitrogens with two attached hydrogens (primary N) is 1. The van der Waals surface area contributed by atoms with Crippen LogP contribution in [0.1, 0.15) is 13.3 Å². The monoisotopic (exact) mass is 287 g/mol. The molecule has 0 amide bonds. The summed E-state index contributed by atoms with van der Waals surface area (Å²) in [5, 5.41) is 0.106. The van der Waals surface area contributed by atoms with Gasteiger partial charge in [-0.05, 0) is 31.5 Å². The number of thioether (sulfide) groups is 1. The van der Waals surface area contributed by atoms with Gasteiger partial charge >= 0.3 is 0 Å². The van der Waals surface area contributed by atoms with E-state index in [0.717, 1.165) is 10.6 Å². The van der Waals surface area contributed by atoms with Gasteiger partial charge in [-0.2, -0.15) is 0 Å². The van der Waals surface area contributed by atoms with Gasteiger partial charge in [0.05, 0.1) is 18.1 Å². The molecule has 2 rings (SSSR count). The highest BCUT2D eigenvalue weighted by Crippen LogP contribution is 2.36. The first-order valence-electron chi connectivity index (χ1n) is 5.89. The van der Waals surface area contributed by atoms with Crippen molar-refractivity contribution in [2.24, 2.45) is 0 Å². The van der Waals surface area contributed by atoms with E-state index in [1.54, 1.807) is 6.07 Å². The van der Waals surface area contributed by atoms with Gasteiger partial charge in [0.1, 0.15) is 5.75 Å². The Morgan fingerprint density at radius 1 is 1.50 bits per heavy atom. The topological polar surface area (TPSA) is 69.4 Å². The average Bonchev–Trinajstić information content (AvgIpc) is 2.63. The van der Waals surface area contributed by atoms with Crippen molar-refractivity contribution in [3.8, 4) is 5.75 Å². The lowest BCUT2D eigenvalue weighted by Gasteiger charge is -2.12. The number of hydrogen-bond donors (Lipinski definition) is 1. The van der Waals surface area contributed by atoms with Crippen LogP contribution >= 0.6 is 11.8 Å². The maximum atomic E-state index is 11.4. The molecule has 1 fully saturated rings. The van der Waals surface area contributed by atoms with Crippen LogP contribution in [-0.4, -0.2) is 31.8 Å². The second kappa shape index (κ2) is 5.40. The zero-order valence-electron chi connectivity index (χ0n) is 10.3. The summed E-state index contributed by atoms with van der Waals surface area (Å²) in [5.41, 5.74) is 6.58. The molecule has 6 heteroatoms. The second-order valence-electron chi connectivity index (χ2n) is 4.28. The molecule has 1 atom stereocenters. The molecule has 0 aromatic heterocycles. The Morgan fingerprint density at radius 3 is 2.89 bits per heavy atom. The lowest BCUT2D eigenvalue weighted by molar-refractivity contribution is 0.339. The van der Waals surface area contributed by atoms with Crippen molar-refractivity contribution >= 4 is 27.3 Å². The predicted octanol–water partition coefficient (Wildman–Crippen LogP) is 1.95. The summed E-state index contributed by atoms with van der Waals surface area (Å²) in [6.45, 7) is 2.53. The third-order valence-electron chi connectivity index (χ3n) is 2.78. The van der Waals surface area contributed by atoms with Gasteiger partial charge in [0.25, 0.3) is 0 Å². The molecule has 1 unspecified atom stereocenters. The molecule has 100 valence electrons. The summed E-state index contributed by atoms with van der Waals surface area (Å²) >= 11 is 1.54. The molecule has 2 N–H and O–H groups in total. The van der Waals surface area contributed by atoms with Gasteiger partial charge < -0.3 is 10.5 Å². The van der Waals surface area contributed by atoms with Crippen molar-refractivity contribution in [3.05, 3.63) is 18.2 Å². The molecule has 1 aliphatic heterocycles. The number of hydrogen-bond acceptors (Lipinski definition) is 5. The zero-order valence-corrected chi connectivity index (χ0v) is 11.9. The normalized spacial score (nSPS) is 21.9. The summed E-state index contributed by atoms with van der Waals surface area (Å²) in [7, 11) is -2.84. The first kappa shape index (κ1) is 13.5. The van der Waals surface area contributed by atoms with Crippen molar-refractivity contribution in [2.45, 2.75) is 23.5 Å². The number of benzene rings is 1. The van der Waals surface area contributed by atoms with Crippen molar-refractivity contribution in [3.63, 3.8) is 0 Å². The highest BCUT2D eigenvalue weighted by atomic mass is 32.2. The summed E-state index contributed by atoms with van der Waals surface area (Å²) in [6.07, 6.45) is 0.700. The fourth-order valence-corrected chi connectivity index (χ4v) is 5.48. The number of ether oxygens (including phenoxy) is 1. The molecule has 0 saturated carbocycles. The van der Waals surface area contributed by atoms with E-state index in [9.17, 15) is 8.42 Å². The number of sulfone groups is 1. The summed E-state index contributed by atoms with van der Waals surface area (Å²) in [5.74, 6) is 1.31. The van der Waals surface area contributed by atoms with Crippen LogP contribution in [0.5, 0.6) is 5.75 Å². The predicted molar refractivity (Wildman–Crippen MR) is 74.9 cm³/mol. The largest absolute Gasteiger partial charge is 0.494 e. The third kappa shape index (κ3) is 3.32. The van der Waals surface area contributed by atoms with Gasteiger partial charge in [0, 0.05) is 15.8 Å². The first-order valence-corrected chi connectivity index (χ1v) is 8.59. The van der Waals surface area contributed by atoms with Crippen molar-refractivity contribution in [1.29, 1.82) is 0 Å². The molecule has 0 spiro atoms. The van der Waals surface area contributed by atoms with Gasteiger partial charge in [-0.15, -0.1) is 11.8 Å². The highest BCUT2D eigenvalue weighted by Gasteiger charge is 2.29. The molecule has 1 aromatic carbocycles. The zero-order chi connectivity index (χ0) is 13.2. The smallest absolute Gasteiger partial charge is 0.151 e. The maximum absolute atomic E-state index is 11.4. The van der Waals surface area contributed by atoms with E-state index in [2.05, 4.69) is 0 Å². The third-order valence-corrected chi connectivity index (χ3v) is 6.10. The molecule has 4 nitrogen and oxygen atoms in total. The minimum atomic E-state index is -2.84. The van der Waals surface area contributed by atoms with E-state index >= 15 is 0 Å². The highest BCUT2D eigenvalue weighted by molar-refractivity contribution is 8.02.